The second-order valence-corrected chi connectivity index (χ2v) is 8.39. The lowest BCUT2D eigenvalue weighted by Crippen LogP contribution is -2.37. The molecule has 2 nitrogen and oxygen atoms in total. The highest BCUT2D eigenvalue weighted by Gasteiger charge is 2.25. The van der Waals surface area contributed by atoms with Crippen LogP contribution in [-0.4, -0.2) is 23.9 Å². The Kier molecular flexibility index (Phi) is 4.58. The Labute approximate surface area is 143 Å². The van der Waals surface area contributed by atoms with Crippen LogP contribution in [0.5, 0.6) is 0 Å². The van der Waals surface area contributed by atoms with Crippen molar-refractivity contribution in [2.24, 2.45) is 0 Å². The molecule has 0 saturated carbocycles. The Bertz CT molecular complexity index is 644. The van der Waals surface area contributed by atoms with Crippen molar-refractivity contribution in [3.05, 3.63) is 57.8 Å². The van der Waals surface area contributed by atoms with Gasteiger partial charge in [-0.3, -0.25) is 4.79 Å². The topological polar surface area (TPSA) is 20.3 Å². The van der Waals surface area contributed by atoms with Gasteiger partial charge in [-0.25, -0.2) is 0 Å². The first-order valence-electron chi connectivity index (χ1n) is 8.38. The molecular weight excluding hydrogens is 302 g/mol. The average Bonchev–Trinajstić information content (AvgIpc) is 3.08. The number of amides is 1. The molecule has 0 aliphatic carbocycles. The Morgan fingerprint density at radius 3 is 2.26 bits per heavy atom. The van der Waals surface area contributed by atoms with E-state index in [0.717, 1.165) is 31.5 Å². The summed E-state index contributed by atoms with van der Waals surface area (Å²) in [7, 11) is 0. The summed E-state index contributed by atoms with van der Waals surface area (Å²) < 4.78 is 0. The number of piperidine rings is 1. The molecule has 0 unspecified atom stereocenters. The predicted octanol–water partition coefficient (Wildman–Crippen LogP) is 5.07. The molecule has 1 saturated heterocycles. The molecule has 1 fully saturated rings. The Hall–Kier alpha value is -1.61. The van der Waals surface area contributed by atoms with Crippen LogP contribution >= 0.6 is 11.3 Å². The molecule has 1 amide bonds. The second-order valence-electron chi connectivity index (χ2n) is 7.41. The van der Waals surface area contributed by atoms with E-state index in [0.29, 0.717) is 5.92 Å². The van der Waals surface area contributed by atoms with Gasteiger partial charge in [0.15, 0.2) is 0 Å². The molecule has 1 aliphatic heterocycles. The molecular formula is C20H25NOS. The van der Waals surface area contributed by atoms with Crippen molar-refractivity contribution in [3.63, 3.8) is 0 Å². The van der Waals surface area contributed by atoms with Gasteiger partial charge in [0.2, 0.25) is 0 Å². The summed E-state index contributed by atoms with van der Waals surface area (Å²) in [6.45, 7) is 8.31. The SMILES string of the molecule is CC(C)(C)c1ccc(C(=O)N2CCC(c3cccs3)CC2)cc1. The minimum atomic E-state index is 0.126. The van der Waals surface area contributed by atoms with Gasteiger partial charge >= 0.3 is 0 Å². The van der Waals surface area contributed by atoms with Crippen molar-refractivity contribution >= 4 is 17.2 Å². The third-order valence-electron chi connectivity index (χ3n) is 4.73. The number of hydrogen-bond acceptors (Lipinski definition) is 2. The van der Waals surface area contributed by atoms with E-state index in [1.807, 2.05) is 28.4 Å². The van der Waals surface area contributed by atoms with Gasteiger partial charge in [0.05, 0.1) is 0 Å². The summed E-state index contributed by atoms with van der Waals surface area (Å²) in [4.78, 5) is 16.2. The van der Waals surface area contributed by atoms with Gasteiger partial charge in [0.25, 0.3) is 5.91 Å². The molecule has 0 spiro atoms. The number of carbonyl (C=O) groups is 1. The first-order valence-corrected chi connectivity index (χ1v) is 9.26. The Morgan fingerprint density at radius 1 is 1.09 bits per heavy atom. The van der Waals surface area contributed by atoms with E-state index in [1.54, 1.807) is 0 Å². The monoisotopic (exact) mass is 327 g/mol. The van der Waals surface area contributed by atoms with E-state index in [2.05, 4.69) is 50.4 Å². The van der Waals surface area contributed by atoms with Gasteiger partial charge in [-0.15, -0.1) is 11.3 Å². The minimum Gasteiger partial charge on any atom is -0.339 e. The Morgan fingerprint density at radius 2 is 1.74 bits per heavy atom. The zero-order valence-electron chi connectivity index (χ0n) is 14.2. The molecule has 0 atom stereocenters. The van der Waals surface area contributed by atoms with E-state index in [4.69, 9.17) is 0 Å². The van der Waals surface area contributed by atoms with Crippen LogP contribution in [0.2, 0.25) is 0 Å². The van der Waals surface area contributed by atoms with Crippen LogP contribution in [0.15, 0.2) is 41.8 Å². The molecule has 1 aromatic carbocycles. The molecule has 1 aromatic heterocycles. The molecule has 122 valence electrons. The number of hydrogen-bond donors (Lipinski definition) is 0. The van der Waals surface area contributed by atoms with Gasteiger partial charge in [-0.05, 0) is 53.3 Å². The maximum atomic E-state index is 12.7. The second kappa shape index (κ2) is 6.48. The molecule has 0 N–H and O–H groups in total. The van der Waals surface area contributed by atoms with E-state index < -0.39 is 0 Å². The summed E-state index contributed by atoms with van der Waals surface area (Å²) in [6.07, 6.45) is 2.15. The van der Waals surface area contributed by atoms with Crippen LogP contribution in [-0.2, 0) is 5.41 Å². The van der Waals surface area contributed by atoms with Gasteiger partial charge in [0, 0.05) is 23.5 Å². The molecule has 3 rings (SSSR count). The fraction of sp³-hybridized carbons (Fsp3) is 0.450. The third kappa shape index (κ3) is 3.66. The van der Waals surface area contributed by atoms with Crippen molar-refractivity contribution in [1.82, 2.24) is 4.90 Å². The molecule has 0 bridgehead atoms. The van der Waals surface area contributed by atoms with Gasteiger partial charge in [-0.2, -0.15) is 0 Å². The first-order chi connectivity index (χ1) is 10.9. The van der Waals surface area contributed by atoms with Crippen LogP contribution in [0, 0.1) is 0 Å². The third-order valence-corrected chi connectivity index (χ3v) is 5.76. The lowest BCUT2D eigenvalue weighted by molar-refractivity contribution is 0.0713. The van der Waals surface area contributed by atoms with Crippen molar-refractivity contribution in [3.8, 4) is 0 Å². The highest BCUT2D eigenvalue weighted by molar-refractivity contribution is 7.10. The van der Waals surface area contributed by atoms with Crippen molar-refractivity contribution in [2.45, 2.75) is 44.9 Å². The number of rotatable bonds is 2. The summed E-state index contributed by atoms with van der Waals surface area (Å²) in [5, 5.41) is 2.14. The molecule has 23 heavy (non-hydrogen) atoms. The van der Waals surface area contributed by atoms with E-state index in [9.17, 15) is 4.79 Å². The zero-order valence-corrected chi connectivity index (χ0v) is 15.0. The summed E-state index contributed by atoms with van der Waals surface area (Å²) in [6, 6.07) is 12.5. The van der Waals surface area contributed by atoms with Gasteiger partial charge in [-0.1, -0.05) is 39.0 Å². The van der Waals surface area contributed by atoms with Gasteiger partial charge < -0.3 is 4.90 Å². The van der Waals surface area contributed by atoms with Gasteiger partial charge in [0.1, 0.15) is 0 Å². The lowest BCUT2D eigenvalue weighted by atomic mass is 9.86. The fourth-order valence-electron chi connectivity index (χ4n) is 3.19. The summed E-state index contributed by atoms with van der Waals surface area (Å²) in [5.74, 6) is 0.803. The number of nitrogens with zero attached hydrogens (tertiary/aromatic N) is 1. The standard InChI is InChI=1S/C20H25NOS/c1-20(2,3)17-8-6-16(7-9-17)19(22)21-12-10-15(11-13-21)18-5-4-14-23-18/h4-9,14-15H,10-13H2,1-3H3. The quantitative estimate of drug-likeness (QED) is 0.754. The van der Waals surface area contributed by atoms with Crippen LogP contribution in [0.25, 0.3) is 0 Å². The van der Waals surface area contributed by atoms with E-state index in [-0.39, 0.29) is 11.3 Å². The maximum absolute atomic E-state index is 12.7. The van der Waals surface area contributed by atoms with Crippen molar-refractivity contribution < 1.29 is 4.79 Å². The normalized spacial score (nSPS) is 16.6. The highest BCUT2D eigenvalue weighted by atomic mass is 32.1. The average molecular weight is 327 g/mol. The predicted molar refractivity (Wildman–Crippen MR) is 97.3 cm³/mol. The van der Waals surface area contributed by atoms with Crippen molar-refractivity contribution in [1.29, 1.82) is 0 Å². The van der Waals surface area contributed by atoms with Crippen molar-refractivity contribution in [2.75, 3.05) is 13.1 Å². The van der Waals surface area contributed by atoms with E-state index in [1.165, 1.54) is 10.4 Å². The fourth-order valence-corrected chi connectivity index (χ4v) is 4.09. The number of benzene rings is 1. The largest absolute Gasteiger partial charge is 0.339 e. The highest BCUT2D eigenvalue weighted by Crippen LogP contribution is 2.31. The molecule has 1 aliphatic rings. The number of likely N-dealkylation sites (tertiary alicyclic amines) is 1. The number of thiophene rings is 1. The first kappa shape index (κ1) is 16.3. The van der Waals surface area contributed by atoms with E-state index >= 15 is 0 Å². The smallest absolute Gasteiger partial charge is 0.253 e. The van der Waals surface area contributed by atoms with Crippen LogP contribution in [0.3, 0.4) is 0 Å². The van der Waals surface area contributed by atoms with Crippen LogP contribution in [0.1, 0.15) is 60.3 Å². The Balaban J connectivity index is 1.63. The molecule has 0 radical (unpaired) electrons. The molecule has 2 heterocycles. The molecule has 3 heteroatoms. The summed E-state index contributed by atoms with van der Waals surface area (Å²) in [5.41, 5.74) is 2.21. The maximum Gasteiger partial charge on any atom is 0.253 e. The molecule has 2 aromatic rings. The zero-order chi connectivity index (χ0) is 16.4. The van der Waals surface area contributed by atoms with Crippen LogP contribution in [0.4, 0.5) is 0 Å². The minimum absolute atomic E-state index is 0.126. The van der Waals surface area contributed by atoms with Crippen LogP contribution < -0.4 is 0 Å². The summed E-state index contributed by atoms with van der Waals surface area (Å²) >= 11 is 1.84. The lowest BCUT2D eigenvalue weighted by Gasteiger charge is -2.31. The number of carbonyl (C=O) groups excluding carboxylic acids is 1.